The third-order valence-electron chi connectivity index (χ3n) is 5.07. The molecule has 0 unspecified atom stereocenters. The minimum Gasteiger partial charge on any atom is -0.481 e. The molecule has 28 heavy (non-hydrogen) atoms. The molecular weight excluding hydrogens is 354 g/mol. The molecule has 0 radical (unpaired) electrons. The zero-order valence-corrected chi connectivity index (χ0v) is 15.9. The fraction of sp³-hybridized carbons (Fsp3) is 0.333. The van der Waals surface area contributed by atoms with Crippen molar-refractivity contribution in [3.63, 3.8) is 0 Å². The molecule has 144 valence electrons. The number of rotatable bonds is 5. The minimum atomic E-state index is 0.00762. The molecule has 7 heteroatoms. The zero-order valence-electron chi connectivity index (χ0n) is 15.9. The second kappa shape index (κ2) is 8.21. The SMILES string of the molecule is COc1cc(C(=O)N2CCC[C@@H](c3nccn3Cc3ccccn3)C2)ccn1. The van der Waals surface area contributed by atoms with E-state index in [1.165, 1.54) is 0 Å². The van der Waals surface area contributed by atoms with Gasteiger partial charge in [0.05, 0.1) is 19.3 Å². The predicted octanol–water partition coefficient (Wildman–Crippen LogP) is 2.75. The zero-order chi connectivity index (χ0) is 19.3. The molecule has 1 atom stereocenters. The van der Waals surface area contributed by atoms with Crippen LogP contribution in [0.5, 0.6) is 5.88 Å². The number of carbonyl (C=O) groups is 1. The average molecular weight is 377 g/mol. The van der Waals surface area contributed by atoms with Gasteiger partial charge in [-0.2, -0.15) is 0 Å². The van der Waals surface area contributed by atoms with E-state index < -0.39 is 0 Å². The summed E-state index contributed by atoms with van der Waals surface area (Å²) >= 11 is 0. The van der Waals surface area contributed by atoms with E-state index >= 15 is 0 Å². The van der Waals surface area contributed by atoms with Gasteiger partial charge in [-0.3, -0.25) is 9.78 Å². The number of imidazole rings is 1. The van der Waals surface area contributed by atoms with E-state index in [1.807, 2.05) is 35.5 Å². The molecule has 1 aliphatic rings. The van der Waals surface area contributed by atoms with Gasteiger partial charge in [0.25, 0.3) is 5.91 Å². The molecule has 0 bridgehead atoms. The van der Waals surface area contributed by atoms with Crippen molar-refractivity contribution in [3.8, 4) is 5.88 Å². The summed E-state index contributed by atoms with van der Waals surface area (Å²) in [5.74, 6) is 1.68. The molecule has 4 heterocycles. The van der Waals surface area contributed by atoms with Crippen LogP contribution in [-0.2, 0) is 6.54 Å². The minimum absolute atomic E-state index is 0.00762. The summed E-state index contributed by atoms with van der Waals surface area (Å²) in [5.41, 5.74) is 1.60. The van der Waals surface area contributed by atoms with Crippen LogP contribution in [-0.4, -0.2) is 50.5 Å². The van der Waals surface area contributed by atoms with Crippen molar-refractivity contribution < 1.29 is 9.53 Å². The molecule has 1 aliphatic heterocycles. The molecule has 0 aromatic carbocycles. The quantitative estimate of drug-likeness (QED) is 0.684. The Kier molecular flexibility index (Phi) is 5.32. The normalized spacial score (nSPS) is 16.8. The number of hydrogen-bond donors (Lipinski definition) is 0. The maximum absolute atomic E-state index is 13.0. The first-order chi connectivity index (χ1) is 13.7. The van der Waals surface area contributed by atoms with Gasteiger partial charge in [0.1, 0.15) is 5.82 Å². The molecular formula is C21H23N5O2. The van der Waals surface area contributed by atoms with Crippen LogP contribution in [0.1, 0.15) is 40.6 Å². The highest BCUT2D eigenvalue weighted by Gasteiger charge is 2.28. The Morgan fingerprint density at radius 1 is 1.18 bits per heavy atom. The molecule has 0 spiro atoms. The van der Waals surface area contributed by atoms with Gasteiger partial charge in [0.2, 0.25) is 5.88 Å². The standard InChI is InChI=1S/C21H23N5O2/c1-28-19-13-16(7-9-23-19)21(27)26-11-4-5-17(14-26)20-24-10-12-25(20)15-18-6-2-3-8-22-18/h2-3,6-10,12-13,17H,4-5,11,14-15H2,1H3/t17-/m1/s1. The molecule has 3 aromatic heterocycles. The van der Waals surface area contributed by atoms with Gasteiger partial charge in [-0.1, -0.05) is 6.07 Å². The second-order valence-corrected chi connectivity index (χ2v) is 6.91. The molecule has 1 fully saturated rings. The second-order valence-electron chi connectivity index (χ2n) is 6.91. The largest absolute Gasteiger partial charge is 0.481 e. The van der Waals surface area contributed by atoms with Gasteiger partial charge in [0, 0.05) is 55.4 Å². The number of pyridine rings is 2. The third kappa shape index (κ3) is 3.88. The Labute approximate surface area is 164 Å². The molecule has 3 aromatic rings. The summed E-state index contributed by atoms with van der Waals surface area (Å²) in [6.45, 7) is 2.09. The smallest absolute Gasteiger partial charge is 0.254 e. The van der Waals surface area contributed by atoms with Crippen LogP contribution in [0.3, 0.4) is 0 Å². The lowest BCUT2D eigenvalue weighted by molar-refractivity contribution is 0.0703. The summed E-state index contributed by atoms with van der Waals surface area (Å²) in [6, 6.07) is 9.34. The van der Waals surface area contributed by atoms with E-state index in [4.69, 9.17) is 4.74 Å². The average Bonchev–Trinajstić information content (AvgIpc) is 3.22. The summed E-state index contributed by atoms with van der Waals surface area (Å²) < 4.78 is 7.28. The van der Waals surface area contributed by atoms with Gasteiger partial charge < -0.3 is 14.2 Å². The summed E-state index contributed by atoms with van der Waals surface area (Å²) in [6.07, 6.45) is 9.19. The summed E-state index contributed by atoms with van der Waals surface area (Å²) in [5, 5.41) is 0. The van der Waals surface area contributed by atoms with Crippen molar-refractivity contribution in [2.45, 2.75) is 25.3 Å². The molecule has 0 saturated carbocycles. The van der Waals surface area contributed by atoms with Crippen LogP contribution in [0.25, 0.3) is 0 Å². The Morgan fingerprint density at radius 3 is 2.93 bits per heavy atom. The van der Waals surface area contributed by atoms with Gasteiger partial charge in [-0.05, 0) is 31.0 Å². The van der Waals surface area contributed by atoms with Crippen LogP contribution in [0.2, 0.25) is 0 Å². The topological polar surface area (TPSA) is 73.1 Å². The molecule has 7 nitrogen and oxygen atoms in total. The van der Waals surface area contributed by atoms with Crippen LogP contribution >= 0.6 is 0 Å². The number of methoxy groups -OCH3 is 1. The highest BCUT2D eigenvalue weighted by Crippen LogP contribution is 2.27. The van der Waals surface area contributed by atoms with Crippen molar-refractivity contribution in [1.29, 1.82) is 0 Å². The monoisotopic (exact) mass is 377 g/mol. The number of likely N-dealkylation sites (tertiary alicyclic amines) is 1. The number of nitrogens with zero attached hydrogens (tertiary/aromatic N) is 5. The van der Waals surface area contributed by atoms with Crippen LogP contribution in [0, 0.1) is 0 Å². The molecule has 0 aliphatic carbocycles. The van der Waals surface area contributed by atoms with E-state index in [1.54, 1.807) is 31.6 Å². The fourth-order valence-corrected chi connectivity index (χ4v) is 3.69. The van der Waals surface area contributed by atoms with Crippen LogP contribution in [0.4, 0.5) is 0 Å². The lowest BCUT2D eigenvalue weighted by atomic mass is 9.96. The van der Waals surface area contributed by atoms with E-state index in [0.29, 0.717) is 24.5 Å². The van der Waals surface area contributed by atoms with E-state index in [-0.39, 0.29) is 11.8 Å². The van der Waals surface area contributed by atoms with Crippen LogP contribution in [0.15, 0.2) is 55.1 Å². The van der Waals surface area contributed by atoms with Gasteiger partial charge in [-0.25, -0.2) is 9.97 Å². The van der Waals surface area contributed by atoms with Gasteiger partial charge in [0.15, 0.2) is 0 Å². The fourth-order valence-electron chi connectivity index (χ4n) is 3.69. The maximum atomic E-state index is 13.0. The Morgan fingerprint density at radius 2 is 2.11 bits per heavy atom. The van der Waals surface area contributed by atoms with Crippen molar-refractivity contribution in [3.05, 3.63) is 72.2 Å². The summed E-state index contributed by atoms with van der Waals surface area (Å²) in [7, 11) is 1.55. The Hall–Kier alpha value is -3.22. The molecule has 1 amide bonds. The van der Waals surface area contributed by atoms with Crippen molar-refractivity contribution in [1.82, 2.24) is 24.4 Å². The van der Waals surface area contributed by atoms with Gasteiger partial charge in [-0.15, -0.1) is 0 Å². The van der Waals surface area contributed by atoms with E-state index in [9.17, 15) is 4.79 Å². The van der Waals surface area contributed by atoms with E-state index in [2.05, 4.69) is 19.5 Å². The first-order valence-electron chi connectivity index (χ1n) is 9.45. The van der Waals surface area contributed by atoms with Crippen molar-refractivity contribution >= 4 is 5.91 Å². The number of carbonyl (C=O) groups excluding carboxylic acids is 1. The third-order valence-corrected chi connectivity index (χ3v) is 5.07. The van der Waals surface area contributed by atoms with Crippen LogP contribution < -0.4 is 4.74 Å². The number of piperidine rings is 1. The lowest BCUT2D eigenvalue weighted by Crippen LogP contribution is -2.39. The molecule has 0 N–H and O–H groups in total. The Bertz CT molecular complexity index is 941. The summed E-state index contributed by atoms with van der Waals surface area (Å²) in [4.78, 5) is 28.0. The number of aromatic nitrogens is 4. The highest BCUT2D eigenvalue weighted by atomic mass is 16.5. The lowest BCUT2D eigenvalue weighted by Gasteiger charge is -2.32. The molecule has 1 saturated heterocycles. The predicted molar refractivity (Wildman–Crippen MR) is 104 cm³/mol. The number of ether oxygens (including phenoxy) is 1. The maximum Gasteiger partial charge on any atom is 0.254 e. The Balaban J connectivity index is 1.50. The number of hydrogen-bond acceptors (Lipinski definition) is 5. The highest BCUT2D eigenvalue weighted by molar-refractivity contribution is 5.94. The van der Waals surface area contributed by atoms with Crippen molar-refractivity contribution in [2.24, 2.45) is 0 Å². The van der Waals surface area contributed by atoms with Crippen molar-refractivity contribution in [2.75, 3.05) is 20.2 Å². The first kappa shape index (κ1) is 18.2. The first-order valence-corrected chi connectivity index (χ1v) is 9.45. The number of amides is 1. The van der Waals surface area contributed by atoms with Gasteiger partial charge >= 0.3 is 0 Å². The van der Waals surface area contributed by atoms with E-state index in [0.717, 1.165) is 30.9 Å². The molecule has 4 rings (SSSR count).